The highest BCUT2D eigenvalue weighted by atomic mass is 35.5. The van der Waals surface area contributed by atoms with Crippen molar-refractivity contribution in [1.29, 1.82) is 0 Å². The van der Waals surface area contributed by atoms with Gasteiger partial charge in [-0.2, -0.15) is 4.31 Å². The van der Waals surface area contributed by atoms with E-state index in [9.17, 15) is 13.2 Å². The van der Waals surface area contributed by atoms with E-state index in [1.807, 2.05) is 0 Å². The SMILES string of the molecule is COC(=O)CN(C1CCCC1)S(=O)(=O)c1ccc(Cl)nc1. The van der Waals surface area contributed by atoms with Gasteiger partial charge in [0.15, 0.2) is 0 Å². The van der Waals surface area contributed by atoms with Crippen LogP contribution in [-0.2, 0) is 19.6 Å². The van der Waals surface area contributed by atoms with E-state index in [-0.39, 0.29) is 22.6 Å². The molecule has 1 heterocycles. The van der Waals surface area contributed by atoms with E-state index < -0.39 is 16.0 Å². The van der Waals surface area contributed by atoms with Crippen molar-refractivity contribution in [3.05, 3.63) is 23.5 Å². The number of hydrogen-bond donors (Lipinski definition) is 0. The van der Waals surface area contributed by atoms with E-state index in [0.29, 0.717) is 0 Å². The lowest BCUT2D eigenvalue weighted by atomic mass is 10.2. The number of rotatable bonds is 5. The standard InChI is InChI=1S/C13H17ClN2O4S/c1-20-13(17)9-16(10-4-2-3-5-10)21(18,19)11-6-7-12(14)15-8-11/h6-8,10H,2-5,9H2,1H3. The van der Waals surface area contributed by atoms with Gasteiger partial charge in [0.05, 0.1) is 7.11 Å². The number of esters is 1. The highest BCUT2D eigenvalue weighted by Crippen LogP contribution is 2.28. The van der Waals surface area contributed by atoms with Crippen LogP contribution in [0.4, 0.5) is 0 Å². The fraction of sp³-hybridized carbons (Fsp3) is 0.538. The fourth-order valence-corrected chi connectivity index (χ4v) is 4.13. The van der Waals surface area contributed by atoms with Gasteiger partial charge < -0.3 is 4.74 Å². The lowest BCUT2D eigenvalue weighted by Crippen LogP contribution is -2.42. The Balaban J connectivity index is 2.33. The van der Waals surface area contributed by atoms with Gasteiger partial charge in [-0.1, -0.05) is 24.4 Å². The molecule has 0 unspecified atom stereocenters. The number of sulfonamides is 1. The molecule has 8 heteroatoms. The van der Waals surface area contributed by atoms with Crippen LogP contribution in [0, 0.1) is 0 Å². The molecule has 0 saturated heterocycles. The molecule has 0 atom stereocenters. The molecule has 0 radical (unpaired) electrons. The molecule has 0 N–H and O–H groups in total. The number of halogens is 1. The molecule has 1 aliphatic carbocycles. The molecule has 0 aliphatic heterocycles. The first-order valence-electron chi connectivity index (χ1n) is 6.65. The molecular weight excluding hydrogens is 316 g/mol. The Labute approximate surface area is 129 Å². The molecule has 1 aromatic heterocycles. The third-order valence-corrected chi connectivity index (χ3v) is 5.66. The van der Waals surface area contributed by atoms with Crippen molar-refractivity contribution in [2.24, 2.45) is 0 Å². The summed E-state index contributed by atoms with van der Waals surface area (Å²) in [6.45, 7) is -0.286. The van der Waals surface area contributed by atoms with Crippen molar-refractivity contribution in [2.75, 3.05) is 13.7 Å². The minimum absolute atomic E-state index is 0.0303. The Bertz CT molecular complexity index is 597. The van der Waals surface area contributed by atoms with Crippen molar-refractivity contribution in [2.45, 2.75) is 36.6 Å². The van der Waals surface area contributed by atoms with Gasteiger partial charge in [0.2, 0.25) is 10.0 Å². The first kappa shape index (κ1) is 16.2. The molecule has 116 valence electrons. The monoisotopic (exact) mass is 332 g/mol. The summed E-state index contributed by atoms with van der Waals surface area (Å²) in [6, 6.07) is 2.63. The number of methoxy groups -OCH3 is 1. The van der Waals surface area contributed by atoms with E-state index in [4.69, 9.17) is 11.6 Å². The largest absolute Gasteiger partial charge is 0.468 e. The smallest absolute Gasteiger partial charge is 0.321 e. The molecule has 0 bridgehead atoms. The van der Waals surface area contributed by atoms with E-state index in [2.05, 4.69) is 9.72 Å². The van der Waals surface area contributed by atoms with Crippen LogP contribution in [0.2, 0.25) is 5.15 Å². The number of nitrogens with zero attached hydrogens (tertiary/aromatic N) is 2. The van der Waals surface area contributed by atoms with Crippen molar-refractivity contribution in [1.82, 2.24) is 9.29 Å². The second-order valence-corrected chi connectivity index (χ2v) is 7.16. The first-order valence-corrected chi connectivity index (χ1v) is 8.47. The summed E-state index contributed by atoms with van der Waals surface area (Å²) in [5.41, 5.74) is 0. The molecular formula is C13H17ClN2O4S. The molecule has 21 heavy (non-hydrogen) atoms. The predicted octanol–water partition coefficient (Wildman–Crippen LogP) is 1.84. The number of hydrogen-bond acceptors (Lipinski definition) is 5. The lowest BCUT2D eigenvalue weighted by molar-refractivity contribution is -0.141. The van der Waals surface area contributed by atoms with Gasteiger partial charge in [0, 0.05) is 12.2 Å². The summed E-state index contributed by atoms with van der Waals surface area (Å²) in [5.74, 6) is -0.576. The molecule has 1 aromatic rings. The Morgan fingerprint density at radius 2 is 2.10 bits per heavy atom. The summed E-state index contributed by atoms with van der Waals surface area (Å²) < 4.78 is 31.3. The van der Waals surface area contributed by atoms with Gasteiger partial charge in [0.1, 0.15) is 16.6 Å². The fourth-order valence-electron chi connectivity index (χ4n) is 2.44. The van der Waals surface area contributed by atoms with Gasteiger partial charge in [0.25, 0.3) is 0 Å². The van der Waals surface area contributed by atoms with E-state index >= 15 is 0 Å². The minimum Gasteiger partial charge on any atom is -0.468 e. The van der Waals surface area contributed by atoms with Crippen molar-refractivity contribution in [3.8, 4) is 0 Å². The Morgan fingerprint density at radius 3 is 2.62 bits per heavy atom. The van der Waals surface area contributed by atoms with Crippen molar-refractivity contribution >= 4 is 27.6 Å². The summed E-state index contributed by atoms with van der Waals surface area (Å²) in [5, 5.41) is 0.217. The number of carbonyl (C=O) groups is 1. The minimum atomic E-state index is -3.80. The molecule has 0 amide bonds. The summed E-state index contributed by atoms with van der Waals surface area (Å²) in [7, 11) is -2.55. The molecule has 1 fully saturated rings. The third-order valence-electron chi connectivity index (χ3n) is 3.55. The van der Waals surface area contributed by atoms with Crippen molar-refractivity contribution < 1.29 is 17.9 Å². The van der Waals surface area contributed by atoms with Crippen LogP contribution in [0.5, 0.6) is 0 Å². The van der Waals surface area contributed by atoms with Crippen LogP contribution in [0.1, 0.15) is 25.7 Å². The predicted molar refractivity (Wildman–Crippen MR) is 77.4 cm³/mol. The third kappa shape index (κ3) is 3.72. The molecule has 0 aromatic carbocycles. The number of carbonyl (C=O) groups excluding carboxylic acids is 1. The van der Waals surface area contributed by atoms with Gasteiger partial charge in [-0.15, -0.1) is 0 Å². The highest BCUT2D eigenvalue weighted by Gasteiger charge is 2.35. The Hall–Kier alpha value is -1.18. The second-order valence-electron chi connectivity index (χ2n) is 4.88. The Morgan fingerprint density at radius 1 is 1.43 bits per heavy atom. The van der Waals surface area contributed by atoms with Gasteiger partial charge in [-0.05, 0) is 25.0 Å². The zero-order valence-corrected chi connectivity index (χ0v) is 13.2. The summed E-state index contributed by atoms with van der Waals surface area (Å²) >= 11 is 5.68. The first-order chi connectivity index (χ1) is 9.95. The van der Waals surface area contributed by atoms with Gasteiger partial charge in [-0.25, -0.2) is 13.4 Å². The van der Waals surface area contributed by atoms with Crippen LogP contribution in [0.3, 0.4) is 0 Å². The van der Waals surface area contributed by atoms with Crippen molar-refractivity contribution in [3.63, 3.8) is 0 Å². The number of pyridine rings is 1. The second kappa shape index (κ2) is 6.72. The van der Waals surface area contributed by atoms with E-state index in [1.54, 1.807) is 0 Å². The molecule has 6 nitrogen and oxygen atoms in total. The van der Waals surface area contributed by atoms with Crippen LogP contribution in [0.25, 0.3) is 0 Å². The topological polar surface area (TPSA) is 76.6 Å². The maximum atomic E-state index is 12.7. The maximum Gasteiger partial charge on any atom is 0.321 e. The van der Waals surface area contributed by atoms with Crippen LogP contribution < -0.4 is 0 Å². The molecule has 2 rings (SSSR count). The van der Waals surface area contributed by atoms with Crippen LogP contribution in [-0.4, -0.2) is 43.4 Å². The van der Waals surface area contributed by atoms with Crippen LogP contribution in [0.15, 0.2) is 23.2 Å². The van der Waals surface area contributed by atoms with Gasteiger partial charge in [-0.3, -0.25) is 4.79 Å². The lowest BCUT2D eigenvalue weighted by Gasteiger charge is -2.26. The normalized spacial score (nSPS) is 16.3. The quantitative estimate of drug-likeness (QED) is 0.607. The average molecular weight is 333 g/mol. The van der Waals surface area contributed by atoms with E-state index in [1.165, 1.54) is 29.7 Å². The zero-order valence-electron chi connectivity index (χ0n) is 11.7. The van der Waals surface area contributed by atoms with E-state index in [0.717, 1.165) is 25.7 Å². The number of ether oxygens (including phenoxy) is 1. The molecule has 1 aliphatic rings. The molecule has 0 spiro atoms. The summed E-state index contributed by atoms with van der Waals surface area (Å²) in [4.78, 5) is 15.4. The van der Waals surface area contributed by atoms with Crippen LogP contribution >= 0.6 is 11.6 Å². The average Bonchev–Trinajstić information content (AvgIpc) is 2.98. The Kier molecular flexibility index (Phi) is 5.18. The summed E-state index contributed by atoms with van der Waals surface area (Å²) in [6.07, 6.45) is 4.61. The highest BCUT2D eigenvalue weighted by molar-refractivity contribution is 7.89. The number of aromatic nitrogens is 1. The molecule has 1 saturated carbocycles. The van der Waals surface area contributed by atoms with Gasteiger partial charge >= 0.3 is 5.97 Å². The maximum absolute atomic E-state index is 12.7. The zero-order chi connectivity index (χ0) is 15.5.